The number of aliphatic hydroxyl groups is 1. The minimum absolute atomic E-state index is 0.0535. The number of hydrogen-bond donors (Lipinski definition) is 2. The molecular formula is C21H22N2O3S. The van der Waals surface area contributed by atoms with Crippen molar-refractivity contribution in [2.45, 2.75) is 38.3 Å². The van der Waals surface area contributed by atoms with Crippen LogP contribution in [-0.2, 0) is 0 Å². The number of hydrogen-bond acceptors (Lipinski definition) is 4. The molecular weight excluding hydrogens is 360 g/mol. The average Bonchev–Trinajstić information content (AvgIpc) is 3.34. The van der Waals surface area contributed by atoms with E-state index in [0.717, 1.165) is 28.8 Å². The van der Waals surface area contributed by atoms with Crippen LogP contribution >= 0.6 is 11.3 Å². The molecule has 1 saturated heterocycles. The summed E-state index contributed by atoms with van der Waals surface area (Å²) in [6, 6.07) is 9.37. The van der Waals surface area contributed by atoms with Crippen LogP contribution in [0.3, 0.4) is 0 Å². The Labute approximate surface area is 161 Å². The van der Waals surface area contributed by atoms with Crippen LogP contribution in [0.5, 0.6) is 0 Å². The fourth-order valence-corrected chi connectivity index (χ4v) is 4.57. The van der Waals surface area contributed by atoms with Crippen LogP contribution < -0.4 is 5.43 Å². The molecule has 1 fully saturated rings. The zero-order valence-corrected chi connectivity index (χ0v) is 16.0. The van der Waals surface area contributed by atoms with Crippen LogP contribution in [0.1, 0.15) is 46.2 Å². The summed E-state index contributed by atoms with van der Waals surface area (Å²) in [4.78, 5) is 31.7. The third-order valence-electron chi connectivity index (χ3n) is 5.27. The number of nitrogens with zero attached hydrogens (tertiary/aromatic N) is 1. The first-order valence-corrected chi connectivity index (χ1v) is 10.1. The second-order valence-electron chi connectivity index (χ2n) is 7.14. The number of H-pyrrole nitrogens is 1. The van der Waals surface area contributed by atoms with Crippen molar-refractivity contribution >= 4 is 28.1 Å². The molecule has 1 amide bonds. The molecule has 140 valence electrons. The Balaban J connectivity index is 1.61. The van der Waals surface area contributed by atoms with E-state index in [1.54, 1.807) is 4.90 Å². The Morgan fingerprint density at radius 2 is 2.26 bits per heavy atom. The lowest BCUT2D eigenvalue weighted by Crippen LogP contribution is -2.38. The molecule has 1 aromatic carbocycles. The molecule has 3 aromatic rings. The van der Waals surface area contributed by atoms with Gasteiger partial charge in [-0.15, -0.1) is 11.3 Å². The summed E-state index contributed by atoms with van der Waals surface area (Å²) in [6.07, 6.45) is 3.17. The predicted octanol–water partition coefficient (Wildman–Crippen LogP) is 3.63. The number of aromatic nitrogens is 1. The highest BCUT2D eigenvalue weighted by atomic mass is 32.1. The lowest BCUT2D eigenvalue weighted by molar-refractivity contribution is 0.0668. The molecule has 1 aliphatic heterocycles. The van der Waals surface area contributed by atoms with Gasteiger partial charge < -0.3 is 15.0 Å². The number of fused-ring (bicyclic) bond motifs is 1. The zero-order valence-electron chi connectivity index (χ0n) is 15.1. The molecule has 2 aromatic heterocycles. The lowest BCUT2D eigenvalue weighted by atomic mass is 10.0. The third-order valence-corrected chi connectivity index (χ3v) is 6.25. The van der Waals surface area contributed by atoms with Crippen molar-refractivity contribution in [1.29, 1.82) is 0 Å². The maximum absolute atomic E-state index is 13.1. The van der Waals surface area contributed by atoms with E-state index >= 15 is 0 Å². The first kappa shape index (κ1) is 17.9. The molecule has 6 heteroatoms. The summed E-state index contributed by atoms with van der Waals surface area (Å²) < 4.78 is 0. The highest BCUT2D eigenvalue weighted by molar-refractivity contribution is 7.10. The van der Waals surface area contributed by atoms with Gasteiger partial charge in [0.2, 0.25) is 5.43 Å². The molecule has 2 unspecified atom stereocenters. The van der Waals surface area contributed by atoms with Gasteiger partial charge in [-0.1, -0.05) is 17.7 Å². The average molecular weight is 382 g/mol. The Morgan fingerprint density at radius 3 is 3.04 bits per heavy atom. The second-order valence-corrected chi connectivity index (χ2v) is 8.12. The summed E-state index contributed by atoms with van der Waals surface area (Å²) in [5.41, 5.74) is 1.65. The highest BCUT2D eigenvalue weighted by Crippen LogP contribution is 2.30. The summed E-state index contributed by atoms with van der Waals surface area (Å²) in [7, 11) is 0. The van der Waals surface area contributed by atoms with Gasteiger partial charge in [0, 0.05) is 34.6 Å². The number of carbonyl (C=O) groups excluding carboxylic acids is 1. The summed E-state index contributed by atoms with van der Waals surface area (Å²) in [5.74, 6) is -0.250. The predicted molar refractivity (Wildman–Crippen MR) is 107 cm³/mol. The van der Waals surface area contributed by atoms with E-state index in [2.05, 4.69) is 4.98 Å². The van der Waals surface area contributed by atoms with E-state index in [1.807, 2.05) is 42.6 Å². The van der Waals surface area contributed by atoms with Gasteiger partial charge in [0.1, 0.15) is 5.56 Å². The van der Waals surface area contributed by atoms with Crippen molar-refractivity contribution in [3.05, 3.63) is 68.1 Å². The Hall–Kier alpha value is -2.44. The molecule has 5 nitrogen and oxygen atoms in total. The molecule has 3 heterocycles. The van der Waals surface area contributed by atoms with Gasteiger partial charge in [-0.05, 0) is 49.8 Å². The highest BCUT2D eigenvalue weighted by Gasteiger charge is 2.32. The summed E-state index contributed by atoms with van der Waals surface area (Å²) >= 11 is 1.52. The van der Waals surface area contributed by atoms with Gasteiger partial charge in [0.15, 0.2) is 0 Å². The van der Waals surface area contributed by atoms with Gasteiger partial charge in [-0.2, -0.15) is 0 Å². The minimum Gasteiger partial charge on any atom is -0.387 e. The molecule has 0 radical (unpaired) electrons. The number of amides is 1. The fourth-order valence-electron chi connectivity index (χ4n) is 3.85. The van der Waals surface area contributed by atoms with Crippen LogP contribution in [0.4, 0.5) is 0 Å². The van der Waals surface area contributed by atoms with E-state index in [1.165, 1.54) is 17.5 Å². The van der Waals surface area contributed by atoms with Crippen LogP contribution in [0.2, 0.25) is 0 Å². The largest absolute Gasteiger partial charge is 0.387 e. The molecule has 0 bridgehead atoms. The van der Waals surface area contributed by atoms with Gasteiger partial charge >= 0.3 is 0 Å². The number of thiophene rings is 1. The van der Waals surface area contributed by atoms with Crippen LogP contribution in [-0.4, -0.2) is 33.5 Å². The standard InChI is InChI=1S/C21H22N2O3S/c1-13-6-7-17-15(10-13)20(25)16(12-22-17)21(26)23-8-2-4-14(23)11-18(24)19-5-3-9-27-19/h3,5-7,9-10,12,14,18,24H,2,4,8,11H2,1H3,(H,22,25). The van der Waals surface area contributed by atoms with Crippen molar-refractivity contribution < 1.29 is 9.90 Å². The Kier molecular flexibility index (Phi) is 4.85. The Bertz CT molecular complexity index is 1030. The van der Waals surface area contributed by atoms with Crippen molar-refractivity contribution in [1.82, 2.24) is 9.88 Å². The number of benzene rings is 1. The molecule has 1 aliphatic rings. The SMILES string of the molecule is Cc1ccc2[nH]cc(C(=O)N3CCCC3CC(O)c3cccs3)c(=O)c2c1. The van der Waals surface area contributed by atoms with Crippen molar-refractivity contribution in [3.63, 3.8) is 0 Å². The van der Waals surface area contributed by atoms with Gasteiger partial charge in [0.25, 0.3) is 5.91 Å². The normalized spacial score (nSPS) is 18.1. The lowest BCUT2D eigenvalue weighted by Gasteiger charge is -2.26. The van der Waals surface area contributed by atoms with E-state index in [0.29, 0.717) is 18.4 Å². The number of aliphatic hydroxyl groups excluding tert-OH is 1. The summed E-state index contributed by atoms with van der Waals surface area (Å²) in [5, 5.41) is 12.9. The number of aromatic amines is 1. The smallest absolute Gasteiger partial charge is 0.259 e. The van der Waals surface area contributed by atoms with E-state index in [9.17, 15) is 14.7 Å². The number of rotatable bonds is 4. The summed E-state index contributed by atoms with van der Waals surface area (Å²) in [6.45, 7) is 2.54. The van der Waals surface area contributed by atoms with Gasteiger partial charge in [-0.3, -0.25) is 9.59 Å². The van der Waals surface area contributed by atoms with E-state index < -0.39 is 6.10 Å². The first-order chi connectivity index (χ1) is 13.0. The molecule has 0 saturated carbocycles. The maximum Gasteiger partial charge on any atom is 0.259 e. The van der Waals surface area contributed by atoms with Crippen molar-refractivity contribution in [3.8, 4) is 0 Å². The van der Waals surface area contributed by atoms with Crippen LogP contribution in [0.15, 0.2) is 46.7 Å². The monoisotopic (exact) mass is 382 g/mol. The molecule has 0 aliphatic carbocycles. The number of carbonyl (C=O) groups is 1. The van der Waals surface area contributed by atoms with E-state index in [4.69, 9.17) is 0 Å². The minimum atomic E-state index is -0.582. The first-order valence-electron chi connectivity index (χ1n) is 9.19. The van der Waals surface area contributed by atoms with Gasteiger partial charge in [-0.25, -0.2) is 0 Å². The van der Waals surface area contributed by atoms with Crippen molar-refractivity contribution in [2.24, 2.45) is 0 Å². The number of nitrogens with one attached hydrogen (secondary N) is 1. The number of aryl methyl sites for hydroxylation is 1. The topological polar surface area (TPSA) is 73.4 Å². The number of pyridine rings is 1. The Morgan fingerprint density at radius 1 is 1.41 bits per heavy atom. The second kappa shape index (κ2) is 7.29. The van der Waals surface area contributed by atoms with Crippen LogP contribution in [0, 0.1) is 6.92 Å². The molecule has 4 rings (SSSR count). The molecule has 0 spiro atoms. The van der Waals surface area contributed by atoms with Crippen molar-refractivity contribution in [2.75, 3.05) is 6.54 Å². The molecule has 2 atom stereocenters. The maximum atomic E-state index is 13.1. The van der Waals surface area contributed by atoms with Crippen LogP contribution in [0.25, 0.3) is 10.9 Å². The number of likely N-dealkylation sites (tertiary alicyclic amines) is 1. The molecule has 27 heavy (non-hydrogen) atoms. The third kappa shape index (κ3) is 3.42. The van der Waals surface area contributed by atoms with Gasteiger partial charge in [0.05, 0.1) is 6.10 Å². The fraction of sp³-hybridized carbons (Fsp3) is 0.333. The quantitative estimate of drug-likeness (QED) is 0.724. The van der Waals surface area contributed by atoms with E-state index in [-0.39, 0.29) is 22.9 Å². The zero-order chi connectivity index (χ0) is 19.0. The molecule has 2 N–H and O–H groups in total.